The van der Waals surface area contributed by atoms with Crippen molar-refractivity contribution >= 4 is 23.3 Å². The summed E-state index contributed by atoms with van der Waals surface area (Å²) in [7, 11) is 0. The highest BCUT2D eigenvalue weighted by atomic mass is 19.4. The fourth-order valence-corrected chi connectivity index (χ4v) is 7.09. The molecule has 43 heavy (non-hydrogen) atoms. The van der Waals surface area contributed by atoms with E-state index in [0.29, 0.717) is 42.9 Å². The summed E-state index contributed by atoms with van der Waals surface area (Å²) in [6.07, 6.45) is -0.188. The van der Waals surface area contributed by atoms with Crippen LogP contribution in [-0.2, 0) is 34.3 Å². The number of pyridine rings is 1. The quantitative estimate of drug-likeness (QED) is 0.435. The van der Waals surface area contributed by atoms with Crippen molar-refractivity contribution in [1.29, 1.82) is 0 Å². The minimum atomic E-state index is -4.46. The Labute approximate surface area is 249 Å². The molecule has 1 spiro atoms. The van der Waals surface area contributed by atoms with Crippen LogP contribution < -0.4 is 10.6 Å². The summed E-state index contributed by atoms with van der Waals surface area (Å²) in [5.41, 5.74) is 8.02. The van der Waals surface area contributed by atoms with E-state index in [9.17, 15) is 22.8 Å². The molecule has 3 aromatic rings. The van der Waals surface area contributed by atoms with Crippen LogP contribution in [0, 0.1) is 12.8 Å². The van der Waals surface area contributed by atoms with Crippen LogP contribution >= 0.6 is 0 Å². The van der Waals surface area contributed by atoms with E-state index in [1.165, 1.54) is 0 Å². The number of nitrogens with zero attached hydrogens (tertiary/aromatic N) is 4. The third kappa shape index (κ3) is 5.72. The number of anilines is 2. The Hall–Kier alpha value is -3.92. The van der Waals surface area contributed by atoms with Crippen LogP contribution in [0.4, 0.5) is 24.7 Å². The molecule has 7 nitrogen and oxygen atoms in total. The highest BCUT2D eigenvalue weighted by molar-refractivity contribution is 6.08. The van der Waals surface area contributed by atoms with Gasteiger partial charge in [-0.2, -0.15) is 13.2 Å². The maximum Gasteiger partial charge on any atom is 0.416 e. The van der Waals surface area contributed by atoms with Gasteiger partial charge in [-0.15, -0.1) is 0 Å². The second-order valence-corrected chi connectivity index (χ2v) is 12.2. The largest absolute Gasteiger partial charge is 0.416 e. The number of alkyl halides is 3. The van der Waals surface area contributed by atoms with E-state index in [4.69, 9.17) is 5.73 Å². The van der Waals surface area contributed by atoms with Gasteiger partial charge in [0.2, 0.25) is 11.8 Å². The first-order chi connectivity index (χ1) is 20.5. The highest BCUT2D eigenvalue weighted by Gasteiger charge is 2.52. The zero-order chi connectivity index (χ0) is 30.4. The number of amides is 2. The smallest absolute Gasteiger partial charge is 0.384 e. The minimum absolute atomic E-state index is 0.0416. The molecule has 0 bridgehead atoms. The van der Waals surface area contributed by atoms with E-state index < -0.39 is 17.2 Å². The zero-order valence-corrected chi connectivity index (χ0v) is 24.2. The number of benzene rings is 2. The minimum Gasteiger partial charge on any atom is -0.384 e. The molecule has 10 heteroatoms. The molecule has 3 aliphatic rings. The number of hydrogen-bond donors (Lipinski definition) is 1. The zero-order valence-electron chi connectivity index (χ0n) is 24.2. The number of para-hydroxylation sites is 1. The molecule has 4 heterocycles. The van der Waals surface area contributed by atoms with Crippen LogP contribution in [0.3, 0.4) is 0 Å². The second-order valence-electron chi connectivity index (χ2n) is 12.2. The maximum atomic E-state index is 14.1. The molecule has 226 valence electrons. The monoisotopic (exact) mass is 591 g/mol. The Bertz CT molecular complexity index is 1520. The summed E-state index contributed by atoms with van der Waals surface area (Å²) in [6, 6.07) is 15.4. The molecule has 1 aromatic heterocycles. The van der Waals surface area contributed by atoms with E-state index in [2.05, 4.69) is 9.88 Å². The first-order valence-electron chi connectivity index (χ1n) is 14.8. The van der Waals surface area contributed by atoms with Crippen molar-refractivity contribution in [2.24, 2.45) is 5.92 Å². The van der Waals surface area contributed by atoms with Crippen LogP contribution in [0.15, 0.2) is 60.8 Å². The normalized spacial score (nSPS) is 19.2. The number of carbonyl (C=O) groups is 2. The molecule has 0 unspecified atom stereocenters. The number of carbonyl (C=O) groups excluding carboxylic acids is 2. The van der Waals surface area contributed by atoms with Gasteiger partial charge >= 0.3 is 6.18 Å². The summed E-state index contributed by atoms with van der Waals surface area (Å²) in [5.74, 6) is 0.515. The Morgan fingerprint density at radius 1 is 0.977 bits per heavy atom. The van der Waals surface area contributed by atoms with Gasteiger partial charge in [0.15, 0.2) is 0 Å². The van der Waals surface area contributed by atoms with Crippen molar-refractivity contribution in [2.45, 2.75) is 57.3 Å². The fourth-order valence-electron chi connectivity index (χ4n) is 7.09. The number of aryl methyl sites for hydroxylation is 1. The lowest BCUT2D eigenvalue weighted by molar-refractivity contribution is -0.140. The number of fused-ring (bicyclic) bond motifs is 2. The molecule has 6 rings (SSSR count). The Kier molecular flexibility index (Phi) is 7.66. The highest BCUT2D eigenvalue weighted by Crippen LogP contribution is 2.48. The Morgan fingerprint density at radius 2 is 1.70 bits per heavy atom. The summed E-state index contributed by atoms with van der Waals surface area (Å²) >= 11 is 0. The number of hydrogen-bond acceptors (Lipinski definition) is 5. The summed E-state index contributed by atoms with van der Waals surface area (Å²) in [5, 5.41) is 0. The number of aromatic nitrogens is 1. The lowest BCUT2D eigenvalue weighted by atomic mass is 9.73. The van der Waals surface area contributed by atoms with Gasteiger partial charge in [-0.25, -0.2) is 4.98 Å². The number of rotatable bonds is 5. The average molecular weight is 592 g/mol. The predicted molar refractivity (Wildman–Crippen MR) is 158 cm³/mol. The summed E-state index contributed by atoms with van der Waals surface area (Å²) in [4.78, 5) is 37.5. The number of nitrogens with two attached hydrogens (primary N) is 1. The summed E-state index contributed by atoms with van der Waals surface area (Å²) < 4.78 is 40.5. The maximum absolute atomic E-state index is 14.1. The van der Waals surface area contributed by atoms with Gasteiger partial charge in [0, 0.05) is 37.4 Å². The van der Waals surface area contributed by atoms with E-state index in [0.717, 1.165) is 61.4 Å². The van der Waals surface area contributed by atoms with Crippen molar-refractivity contribution in [3.63, 3.8) is 0 Å². The van der Waals surface area contributed by atoms with Crippen LogP contribution in [0.2, 0.25) is 0 Å². The average Bonchev–Trinajstić information content (AvgIpc) is 3.20. The van der Waals surface area contributed by atoms with Crippen molar-refractivity contribution in [3.8, 4) is 0 Å². The van der Waals surface area contributed by atoms with Gasteiger partial charge in [0.25, 0.3) is 0 Å². The van der Waals surface area contributed by atoms with E-state index in [1.54, 1.807) is 24.1 Å². The molecule has 2 aromatic carbocycles. The SMILES string of the molecule is Cc1cc(CN2C(=O)C3(CCN(C(=O)C4CCN(Cc5ccnc(N)c5)CC4)CC3)c3ccccc32)cc(C(F)(F)F)c1. The number of likely N-dealkylation sites (tertiary alicyclic amines) is 2. The number of piperidine rings is 2. The van der Waals surface area contributed by atoms with Gasteiger partial charge in [-0.3, -0.25) is 14.5 Å². The molecule has 0 atom stereocenters. The molecule has 2 saturated heterocycles. The van der Waals surface area contributed by atoms with E-state index in [1.807, 2.05) is 41.3 Å². The van der Waals surface area contributed by atoms with Crippen LogP contribution in [-0.4, -0.2) is 52.8 Å². The van der Waals surface area contributed by atoms with Crippen molar-refractivity contribution in [2.75, 3.05) is 36.8 Å². The van der Waals surface area contributed by atoms with Crippen molar-refractivity contribution in [1.82, 2.24) is 14.8 Å². The van der Waals surface area contributed by atoms with Gasteiger partial charge in [0.05, 0.1) is 17.5 Å². The van der Waals surface area contributed by atoms with Gasteiger partial charge in [-0.1, -0.05) is 29.8 Å². The van der Waals surface area contributed by atoms with E-state index >= 15 is 0 Å². The lowest BCUT2D eigenvalue weighted by Crippen LogP contribution is -2.52. The first-order valence-corrected chi connectivity index (χ1v) is 14.8. The molecular weight excluding hydrogens is 555 g/mol. The van der Waals surface area contributed by atoms with E-state index in [-0.39, 0.29) is 24.3 Å². The molecule has 2 amide bonds. The molecule has 0 saturated carbocycles. The van der Waals surface area contributed by atoms with Gasteiger partial charge in [0.1, 0.15) is 5.82 Å². The Balaban J connectivity index is 1.11. The third-order valence-electron chi connectivity index (χ3n) is 9.29. The van der Waals surface area contributed by atoms with Crippen molar-refractivity contribution < 1.29 is 22.8 Å². The van der Waals surface area contributed by atoms with Gasteiger partial charge in [-0.05, 0) is 92.7 Å². The van der Waals surface area contributed by atoms with Crippen molar-refractivity contribution in [3.05, 3.63) is 88.6 Å². The molecule has 2 N–H and O–H groups in total. The third-order valence-corrected chi connectivity index (χ3v) is 9.29. The van der Waals surface area contributed by atoms with Crippen LogP contribution in [0.25, 0.3) is 0 Å². The topological polar surface area (TPSA) is 82.8 Å². The second kappa shape index (κ2) is 11.3. The van der Waals surface area contributed by atoms with Crippen LogP contribution in [0.1, 0.15) is 53.5 Å². The van der Waals surface area contributed by atoms with Gasteiger partial charge < -0.3 is 15.5 Å². The Morgan fingerprint density at radius 3 is 2.40 bits per heavy atom. The molecule has 0 aliphatic carbocycles. The predicted octanol–water partition coefficient (Wildman–Crippen LogP) is 5.31. The number of halogens is 3. The molecule has 0 radical (unpaired) electrons. The standard InChI is InChI=1S/C33H36F3N5O2/c1-22-16-24(18-26(17-22)33(34,35)36)21-41-28-5-3-2-4-27(28)32(31(41)43)9-14-40(15-10-32)30(42)25-7-12-39(13-8-25)20-23-6-11-38-29(37)19-23/h2-6,11,16-19,25H,7-10,12-15,20-21H2,1H3,(H2,37,38). The van der Waals surface area contributed by atoms with Crippen LogP contribution in [0.5, 0.6) is 0 Å². The summed E-state index contributed by atoms with van der Waals surface area (Å²) in [6.45, 7) is 5.08. The fraction of sp³-hybridized carbons (Fsp3) is 0.424. The molecular formula is C33H36F3N5O2. The number of nitrogen functional groups attached to an aromatic ring is 1. The molecule has 3 aliphatic heterocycles. The lowest BCUT2D eigenvalue weighted by Gasteiger charge is -2.41. The molecule has 2 fully saturated rings. The first kappa shape index (κ1) is 29.2.